The Morgan fingerprint density at radius 3 is 2.93 bits per heavy atom. The minimum absolute atomic E-state index is 0.223. The van der Waals surface area contributed by atoms with Gasteiger partial charge in [-0.25, -0.2) is 4.39 Å². The van der Waals surface area contributed by atoms with E-state index in [9.17, 15) is 4.39 Å². The van der Waals surface area contributed by atoms with Crippen LogP contribution < -0.4 is 0 Å². The summed E-state index contributed by atoms with van der Waals surface area (Å²) in [6, 6.07) is 7.69. The third-order valence-corrected chi connectivity index (χ3v) is 5.44. The minimum Gasteiger partial charge on any atom is -0.270 e. The van der Waals surface area contributed by atoms with E-state index in [-0.39, 0.29) is 5.82 Å². The third kappa shape index (κ3) is 4.26. The Morgan fingerprint density at radius 1 is 1.37 bits per heavy atom. The zero-order chi connectivity index (χ0) is 19.2. The highest BCUT2D eigenvalue weighted by molar-refractivity contribution is 5.74. The average molecular weight is 365 g/mol. The summed E-state index contributed by atoms with van der Waals surface area (Å²) >= 11 is 0. The lowest BCUT2D eigenvalue weighted by atomic mass is 9.87. The van der Waals surface area contributed by atoms with Crippen molar-refractivity contribution in [1.29, 1.82) is 0 Å². The lowest BCUT2D eigenvalue weighted by Crippen LogP contribution is -2.14. The van der Waals surface area contributed by atoms with E-state index in [4.69, 9.17) is 0 Å². The van der Waals surface area contributed by atoms with Gasteiger partial charge in [0.25, 0.3) is 0 Å². The molecule has 1 aromatic carbocycles. The lowest BCUT2D eigenvalue weighted by Gasteiger charge is -2.21. The van der Waals surface area contributed by atoms with Crippen LogP contribution >= 0.6 is 0 Å². The Labute approximate surface area is 161 Å². The van der Waals surface area contributed by atoms with Gasteiger partial charge in [-0.3, -0.25) is 9.67 Å². The van der Waals surface area contributed by atoms with Crippen LogP contribution in [0.2, 0.25) is 0 Å². The van der Waals surface area contributed by atoms with Crippen LogP contribution in [0.4, 0.5) is 4.39 Å². The molecule has 1 aromatic heterocycles. The molecular weight excluding hydrogens is 337 g/mol. The fourth-order valence-electron chi connectivity index (χ4n) is 4.24. The van der Waals surface area contributed by atoms with Gasteiger partial charge in [0.05, 0.1) is 5.70 Å². The SMILES string of the molecule is C=C/C=C(\N=C/C)c1ccc(CC2CCCC2c2ccnn2CC)cc1F. The number of hydrogen-bond acceptors (Lipinski definition) is 2. The number of aliphatic imine (C=N–C) groups is 1. The number of benzene rings is 1. The van der Waals surface area contributed by atoms with Crippen molar-refractivity contribution in [3.8, 4) is 0 Å². The first-order valence-corrected chi connectivity index (χ1v) is 9.79. The predicted octanol–water partition coefficient (Wildman–Crippen LogP) is 5.79. The first kappa shape index (κ1) is 19.3. The van der Waals surface area contributed by atoms with Crippen molar-refractivity contribution in [2.75, 3.05) is 0 Å². The summed E-state index contributed by atoms with van der Waals surface area (Å²) in [6.45, 7) is 8.54. The van der Waals surface area contributed by atoms with E-state index >= 15 is 0 Å². The molecule has 0 aliphatic heterocycles. The molecule has 2 unspecified atom stereocenters. The molecule has 0 spiro atoms. The molecule has 0 saturated heterocycles. The summed E-state index contributed by atoms with van der Waals surface area (Å²) in [5.74, 6) is 0.824. The summed E-state index contributed by atoms with van der Waals surface area (Å²) < 4.78 is 16.8. The van der Waals surface area contributed by atoms with Gasteiger partial charge in [-0.2, -0.15) is 5.10 Å². The second kappa shape index (κ2) is 8.94. The standard InChI is InChI=1S/C23H28FN3/c1-4-8-22(25-5-2)20-12-11-17(16-21(20)24)15-18-9-7-10-19(18)23-13-14-26-27(23)6-3/h4-5,8,11-14,16,18-19H,1,6-7,9-10,15H2,2-3H3/b22-8-,25-5-. The van der Waals surface area contributed by atoms with Crippen LogP contribution in [-0.4, -0.2) is 16.0 Å². The van der Waals surface area contributed by atoms with Crippen molar-refractivity contribution in [3.63, 3.8) is 0 Å². The third-order valence-electron chi connectivity index (χ3n) is 5.44. The number of hydrogen-bond donors (Lipinski definition) is 0. The Bertz CT molecular complexity index is 847. The van der Waals surface area contributed by atoms with Crippen LogP contribution in [0.25, 0.3) is 5.70 Å². The second-order valence-corrected chi connectivity index (χ2v) is 7.06. The fourth-order valence-corrected chi connectivity index (χ4v) is 4.24. The molecule has 1 fully saturated rings. The smallest absolute Gasteiger partial charge is 0.132 e. The van der Waals surface area contributed by atoms with Crippen molar-refractivity contribution in [2.24, 2.45) is 10.9 Å². The molecule has 27 heavy (non-hydrogen) atoms. The minimum atomic E-state index is -0.223. The van der Waals surface area contributed by atoms with Gasteiger partial charge in [-0.1, -0.05) is 25.1 Å². The van der Waals surface area contributed by atoms with Crippen LogP contribution in [0.5, 0.6) is 0 Å². The van der Waals surface area contributed by atoms with Crippen molar-refractivity contribution >= 4 is 11.9 Å². The quantitative estimate of drug-likeness (QED) is 0.451. The van der Waals surface area contributed by atoms with Gasteiger partial charge in [0, 0.05) is 36.1 Å². The molecule has 0 amide bonds. The molecule has 1 aliphatic carbocycles. The van der Waals surface area contributed by atoms with Gasteiger partial charge in [0.1, 0.15) is 5.82 Å². The van der Waals surface area contributed by atoms with E-state index in [0.717, 1.165) is 18.5 Å². The fraction of sp³-hybridized carbons (Fsp3) is 0.391. The van der Waals surface area contributed by atoms with Gasteiger partial charge >= 0.3 is 0 Å². The summed E-state index contributed by atoms with van der Waals surface area (Å²) in [4.78, 5) is 4.26. The predicted molar refractivity (Wildman–Crippen MR) is 110 cm³/mol. The molecule has 0 bridgehead atoms. The highest BCUT2D eigenvalue weighted by Crippen LogP contribution is 2.41. The Balaban J connectivity index is 1.80. The maximum Gasteiger partial charge on any atom is 0.132 e. The molecular formula is C23H28FN3. The van der Waals surface area contributed by atoms with Gasteiger partial charge in [0.2, 0.25) is 0 Å². The van der Waals surface area contributed by atoms with Crippen LogP contribution in [0, 0.1) is 11.7 Å². The number of rotatable bonds is 7. The summed E-state index contributed by atoms with van der Waals surface area (Å²) in [5.41, 5.74) is 3.49. The molecule has 2 atom stereocenters. The summed E-state index contributed by atoms with van der Waals surface area (Å²) in [7, 11) is 0. The maximum absolute atomic E-state index is 14.7. The first-order valence-electron chi connectivity index (χ1n) is 9.79. The normalized spacial score (nSPS) is 20.5. The number of aryl methyl sites for hydroxylation is 1. The number of halogens is 1. The van der Waals surface area contributed by atoms with Gasteiger partial charge in [0.15, 0.2) is 0 Å². The van der Waals surface area contributed by atoms with E-state index in [2.05, 4.69) is 34.3 Å². The van der Waals surface area contributed by atoms with E-state index in [1.165, 1.54) is 25.0 Å². The largest absolute Gasteiger partial charge is 0.270 e. The van der Waals surface area contributed by atoms with Crippen molar-refractivity contribution in [2.45, 2.75) is 52.0 Å². The van der Waals surface area contributed by atoms with Crippen molar-refractivity contribution < 1.29 is 4.39 Å². The molecule has 4 heteroatoms. The van der Waals surface area contributed by atoms with Gasteiger partial charge in [-0.05, 0) is 68.9 Å². The molecule has 2 aromatic rings. The van der Waals surface area contributed by atoms with Gasteiger partial charge in [-0.15, -0.1) is 0 Å². The zero-order valence-corrected chi connectivity index (χ0v) is 16.2. The van der Waals surface area contributed by atoms with Crippen molar-refractivity contribution in [3.05, 3.63) is 71.8 Å². The molecule has 1 aliphatic rings. The van der Waals surface area contributed by atoms with Crippen LogP contribution in [-0.2, 0) is 13.0 Å². The lowest BCUT2D eigenvalue weighted by molar-refractivity contribution is 0.447. The van der Waals surface area contributed by atoms with Crippen LogP contribution in [0.1, 0.15) is 55.8 Å². The van der Waals surface area contributed by atoms with E-state index < -0.39 is 0 Å². The summed E-state index contributed by atoms with van der Waals surface area (Å²) in [5, 5.41) is 4.43. The molecule has 142 valence electrons. The van der Waals surface area contributed by atoms with Crippen molar-refractivity contribution in [1.82, 2.24) is 9.78 Å². The van der Waals surface area contributed by atoms with Crippen LogP contribution in [0.15, 0.2) is 54.2 Å². The van der Waals surface area contributed by atoms with E-state index in [1.54, 1.807) is 24.4 Å². The Hall–Kier alpha value is -2.49. The zero-order valence-electron chi connectivity index (χ0n) is 16.2. The highest BCUT2D eigenvalue weighted by atomic mass is 19.1. The molecule has 3 nitrogen and oxygen atoms in total. The number of allylic oxidation sites excluding steroid dienone is 2. The number of aromatic nitrogens is 2. The molecule has 3 rings (SSSR count). The maximum atomic E-state index is 14.7. The Morgan fingerprint density at radius 2 is 2.22 bits per heavy atom. The molecule has 1 saturated carbocycles. The van der Waals surface area contributed by atoms with E-state index in [1.807, 2.05) is 25.3 Å². The Kier molecular flexibility index (Phi) is 6.38. The summed E-state index contributed by atoms with van der Waals surface area (Å²) in [6.07, 6.45) is 11.4. The first-order chi connectivity index (χ1) is 13.2. The average Bonchev–Trinajstić information content (AvgIpc) is 3.30. The van der Waals surface area contributed by atoms with E-state index in [0.29, 0.717) is 23.1 Å². The highest BCUT2D eigenvalue weighted by Gasteiger charge is 2.30. The molecule has 0 radical (unpaired) electrons. The number of nitrogens with zero attached hydrogens (tertiary/aromatic N) is 3. The topological polar surface area (TPSA) is 30.2 Å². The second-order valence-electron chi connectivity index (χ2n) is 7.06. The molecule has 1 heterocycles. The van der Waals surface area contributed by atoms with Gasteiger partial charge < -0.3 is 0 Å². The molecule has 0 N–H and O–H groups in total. The monoisotopic (exact) mass is 365 g/mol. The van der Waals surface area contributed by atoms with Crippen LogP contribution in [0.3, 0.4) is 0 Å².